The van der Waals surface area contributed by atoms with E-state index < -0.39 is 0 Å². The highest BCUT2D eigenvalue weighted by Crippen LogP contribution is 2.44. The van der Waals surface area contributed by atoms with Crippen LogP contribution in [0.5, 0.6) is 0 Å². The lowest BCUT2D eigenvalue weighted by atomic mass is 9.67. The summed E-state index contributed by atoms with van der Waals surface area (Å²) in [7, 11) is 0. The number of thioether (sulfide) groups is 1. The fraction of sp³-hybridized carbons (Fsp3) is 0.727. The van der Waals surface area contributed by atoms with Crippen molar-refractivity contribution in [2.75, 3.05) is 23.9 Å². The number of rotatable bonds is 5. The molecule has 0 amide bonds. The van der Waals surface area contributed by atoms with Crippen molar-refractivity contribution in [3.63, 3.8) is 0 Å². The third-order valence-corrected chi connectivity index (χ3v) is 5.44. The lowest BCUT2D eigenvalue weighted by Crippen LogP contribution is -2.35. The number of nitrogens with two attached hydrogens (primary N) is 1. The summed E-state index contributed by atoms with van der Waals surface area (Å²) in [4.78, 5) is 1.11. The zero-order valence-corrected chi connectivity index (χ0v) is 11.5. The van der Waals surface area contributed by atoms with E-state index in [4.69, 9.17) is 5.73 Å². The zero-order valence-electron chi connectivity index (χ0n) is 9.88. The molecule has 5 heteroatoms. The van der Waals surface area contributed by atoms with E-state index in [1.807, 2.05) is 6.26 Å². The number of aromatic nitrogens is 1. The second-order valence-electron chi connectivity index (χ2n) is 4.49. The van der Waals surface area contributed by atoms with Gasteiger partial charge in [-0.15, -0.1) is 11.8 Å². The minimum atomic E-state index is 0.536. The van der Waals surface area contributed by atoms with Gasteiger partial charge in [0.1, 0.15) is 5.00 Å². The van der Waals surface area contributed by atoms with Gasteiger partial charge in [-0.2, -0.15) is 4.37 Å². The van der Waals surface area contributed by atoms with Crippen molar-refractivity contribution in [1.82, 2.24) is 4.37 Å². The second-order valence-corrected chi connectivity index (χ2v) is 6.08. The normalized spacial score (nSPS) is 18.1. The largest absolute Gasteiger partial charge is 0.382 e. The lowest BCUT2D eigenvalue weighted by molar-refractivity contribution is 0.145. The first-order valence-corrected chi connectivity index (χ1v) is 7.73. The van der Waals surface area contributed by atoms with Crippen molar-refractivity contribution >= 4 is 34.1 Å². The van der Waals surface area contributed by atoms with Crippen molar-refractivity contribution in [2.24, 2.45) is 5.41 Å². The number of nitrogen functional groups attached to an aromatic ring is 1. The van der Waals surface area contributed by atoms with Crippen molar-refractivity contribution in [3.05, 3.63) is 0 Å². The highest BCUT2D eigenvalue weighted by atomic mass is 32.2. The molecule has 1 aliphatic rings. The third-order valence-electron chi connectivity index (χ3n) is 3.67. The van der Waals surface area contributed by atoms with E-state index in [-0.39, 0.29) is 0 Å². The van der Waals surface area contributed by atoms with Gasteiger partial charge in [-0.3, -0.25) is 0 Å². The molecule has 3 N–H and O–H groups in total. The Balaban J connectivity index is 1.98. The predicted molar refractivity (Wildman–Crippen MR) is 73.4 cm³/mol. The number of anilines is 2. The average molecular weight is 257 g/mol. The van der Waals surface area contributed by atoms with Gasteiger partial charge in [0.25, 0.3) is 0 Å². The molecule has 0 aliphatic heterocycles. The molecule has 90 valence electrons. The Morgan fingerprint density at radius 1 is 1.56 bits per heavy atom. The van der Waals surface area contributed by atoms with Crippen LogP contribution in [0.1, 0.15) is 32.6 Å². The first-order chi connectivity index (χ1) is 7.71. The smallest absolute Gasteiger partial charge is 0.153 e. The van der Waals surface area contributed by atoms with Crippen LogP contribution >= 0.6 is 23.3 Å². The Morgan fingerprint density at radius 3 is 2.81 bits per heavy atom. The number of nitrogens with zero attached hydrogens (tertiary/aromatic N) is 1. The summed E-state index contributed by atoms with van der Waals surface area (Å²) in [6, 6.07) is 0. The third kappa shape index (κ3) is 2.15. The maximum atomic E-state index is 5.81. The van der Waals surface area contributed by atoms with Gasteiger partial charge in [-0.1, -0.05) is 13.3 Å². The summed E-state index contributed by atoms with van der Waals surface area (Å²) < 4.78 is 4.19. The fourth-order valence-corrected chi connectivity index (χ4v) is 3.74. The maximum Gasteiger partial charge on any atom is 0.153 e. The first kappa shape index (κ1) is 12.0. The van der Waals surface area contributed by atoms with Crippen LogP contribution in [-0.2, 0) is 0 Å². The maximum absolute atomic E-state index is 5.81. The SMILES string of the molecule is CCC1(CNc2snc(N)c2SC)CCC1. The molecule has 0 saturated heterocycles. The van der Waals surface area contributed by atoms with Crippen LogP contribution in [0, 0.1) is 5.41 Å². The highest BCUT2D eigenvalue weighted by molar-refractivity contribution is 7.99. The Hall–Kier alpha value is -0.420. The van der Waals surface area contributed by atoms with Crippen LogP contribution in [0.4, 0.5) is 10.8 Å². The van der Waals surface area contributed by atoms with E-state index in [1.165, 1.54) is 37.2 Å². The molecule has 16 heavy (non-hydrogen) atoms. The Labute approximate surface area is 105 Å². The molecular weight excluding hydrogens is 238 g/mol. The van der Waals surface area contributed by atoms with Crippen LogP contribution in [0.25, 0.3) is 0 Å². The highest BCUT2D eigenvalue weighted by Gasteiger charge is 2.35. The van der Waals surface area contributed by atoms with Crippen LogP contribution in [0.3, 0.4) is 0 Å². The van der Waals surface area contributed by atoms with Gasteiger partial charge in [0.05, 0.1) is 4.90 Å². The summed E-state index contributed by atoms with van der Waals surface area (Å²) in [5.41, 5.74) is 6.34. The van der Waals surface area contributed by atoms with E-state index in [0.29, 0.717) is 11.2 Å². The zero-order chi connectivity index (χ0) is 11.6. The summed E-state index contributed by atoms with van der Waals surface area (Å²) in [6.07, 6.45) is 7.42. The Morgan fingerprint density at radius 2 is 2.31 bits per heavy atom. The van der Waals surface area contributed by atoms with Crippen molar-refractivity contribution in [1.29, 1.82) is 0 Å². The topological polar surface area (TPSA) is 50.9 Å². The molecule has 1 fully saturated rings. The number of nitrogens with one attached hydrogen (secondary N) is 1. The van der Waals surface area contributed by atoms with Crippen LogP contribution in [0.2, 0.25) is 0 Å². The van der Waals surface area contributed by atoms with Gasteiger partial charge in [-0.25, -0.2) is 0 Å². The summed E-state index contributed by atoms with van der Waals surface area (Å²) in [5.74, 6) is 0.666. The Kier molecular flexibility index (Phi) is 3.64. The van der Waals surface area contributed by atoms with E-state index in [2.05, 4.69) is 16.6 Å². The molecule has 1 aromatic heterocycles. The van der Waals surface area contributed by atoms with E-state index in [9.17, 15) is 0 Å². The molecule has 0 aromatic carbocycles. The monoisotopic (exact) mass is 257 g/mol. The molecule has 1 saturated carbocycles. The molecule has 0 bridgehead atoms. The first-order valence-electron chi connectivity index (χ1n) is 5.74. The molecule has 0 spiro atoms. The van der Waals surface area contributed by atoms with Gasteiger partial charge in [0, 0.05) is 6.54 Å². The van der Waals surface area contributed by atoms with Crippen LogP contribution in [-0.4, -0.2) is 17.2 Å². The van der Waals surface area contributed by atoms with Gasteiger partial charge in [0.15, 0.2) is 5.82 Å². The molecule has 0 unspecified atom stereocenters. The van der Waals surface area contributed by atoms with Crippen molar-refractivity contribution in [3.8, 4) is 0 Å². The molecule has 2 rings (SSSR count). The molecule has 1 aromatic rings. The predicted octanol–water partition coefficient (Wildman–Crippen LogP) is 3.44. The second kappa shape index (κ2) is 4.84. The summed E-state index contributed by atoms with van der Waals surface area (Å²) >= 11 is 3.15. The molecule has 1 aliphatic carbocycles. The summed E-state index contributed by atoms with van der Waals surface area (Å²) in [6.45, 7) is 3.36. The van der Waals surface area contributed by atoms with Crippen LogP contribution in [0.15, 0.2) is 4.90 Å². The quantitative estimate of drug-likeness (QED) is 0.793. The summed E-state index contributed by atoms with van der Waals surface area (Å²) in [5, 5.41) is 4.68. The van der Waals surface area contributed by atoms with Crippen LogP contribution < -0.4 is 11.1 Å². The molecule has 3 nitrogen and oxygen atoms in total. The number of hydrogen-bond acceptors (Lipinski definition) is 5. The van der Waals surface area contributed by atoms with E-state index in [0.717, 1.165) is 16.4 Å². The van der Waals surface area contributed by atoms with E-state index >= 15 is 0 Å². The number of hydrogen-bond donors (Lipinski definition) is 2. The van der Waals surface area contributed by atoms with Crippen molar-refractivity contribution < 1.29 is 0 Å². The lowest BCUT2D eigenvalue weighted by Gasteiger charge is -2.41. The van der Waals surface area contributed by atoms with E-state index in [1.54, 1.807) is 11.8 Å². The van der Waals surface area contributed by atoms with Gasteiger partial charge >= 0.3 is 0 Å². The molecule has 0 atom stereocenters. The molecule has 0 radical (unpaired) electrons. The fourth-order valence-electron chi connectivity index (χ4n) is 2.20. The standard InChI is InChI=1S/C11H19N3S2/c1-3-11(5-4-6-11)7-13-10-8(15-2)9(12)14-16-10/h13H,3-7H2,1-2H3,(H2,12,14). The molecule has 1 heterocycles. The molecular formula is C11H19N3S2. The van der Waals surface area contributed by atoms with Gasteiger partial charge < -0.3 is 11.1 Å². The van der Waals surface area contributed by atoms with Gasteiger partial charge in [-0.05, 0) is 42.5 Å². The average Bonchev–Trinajstić information content (AvgIpc) is 2.58. The van der Waals surface area contributed by atoms with Crippen molar-refractivity contribution in [2.45, 2.75) is 37.5 Å². The van der Waals surface area contributed by atoms with Gasteiger partial charge in [0.2, 0.25) is 0 Å². The minimum absolute atomic E-state index is 0.536. The Bertz CT molecular complexity index is 353. The minimum Gasteiger partial charge on any atom is -0.382 e.